The lowest BCUT2D eigenvalue weighted by Crippen LogP contribution is -2.30. The molecule has 0 saturated heterocycles. The molecule has 0 bridgehead atoms. The van der Waals surface area contributed by atoms with Crippen molar-refractivity contribution in [2.24, 2.45) is 0 Å². The van der Waals surface area contributed by atoms with E-state index in [-0.39, 0.29) is 5.91 Å². The number of hydrogen-bond acceptors (Lipinski definition) is 4. The number of nitrogens with zero attached hydrogens (tertiary/aromatic N) is 2. The molecule has 0 fully saturated rings. The smallest absolute Gasteiger partial charge is 0.224 e. The van der Waals surface area contributed by atoms with Crippen LogP contribution in [0.3, 0.4) is 0 Å². The van der Waals surface area contributed by atoms with E-state index in [9.17, 15) is 4.79 Å². The van der Waals surface area contributed by atoms with Crippen LogP contribution in [0.4, 0.5) is 5.69 Å². The fourth-order valence-corrected chi connectivity index (χ4v) is 3.61. The maximum Gasteiger partial charge on any atom is 0.224 e. The van der Waals surface area contributed by atoms with Gasteiger partial charge in [0, 0.05) is 37.8 Å². The third-order valence-corrected chi connectivity index (χ3v) is 5.22. The lowest BCUT2D eigenvalue weighted by Gasteiger charge is -2.28. The highest BCUT2D eigenvalue weighted by atomic mass is 16.5. The summed E-state index contributed by atoms with van der Waals surface area (Å²) < 4.78 is 4.92. The topological polar surface area (TPSA) is 58.4 Å². The first kappa shape index (κ1) is 18.4. The predicted octanol–water partition coefficient (Wildman–Crippen LogP) is 4.11. The fraction of sp³-hybridized carbons (Fsp3) is 0.304. The number of aryl methyl sites for hydroxylation is 2. The molecular weight excluding hydrogens is 350 g/mol. The summed E-state index contributed by atoms with van der Waals surface area (Å²) >= 11 is 0. The maximum atomic E-state index is 12.4. The summed E-state index contributed by atoms with van der Waals surface area (Å²) in [5.41, 5.74) is 6.87. The number of anilines is 1. The van der Waals surface area contributed by atoms with Gasteiger partial charge >= 0.3 is 0 Å². The number of benzene rings is 2. The standard InChI is InChI=1S/C23H25N3O2/c1-17-2-4-18(5-3-17)6-9-23(27)24-21-8-7-19-10-12-26(15-20(19)14-21)16-22-11-13-28-25-22/h2-5,7-8,11,13-14H,6,9-10,12,15-16H2,1H3,(H,24,27). The Balaban J connectivity index is 1.34. The Kier molecular flexibility index (Phi) is 5.53. The number of fused-ring (bicyclic) bond motifs is 1. The van der Waals surface area contributed by atoms with E-state index in [2.05, 4.69) is 58.7 Å². The second-order valence-electron chi connectivity index (χ2n) is 7.47. The Morgan fingerprint density at radius 2 is 2.00 bits per heavy atom. The second-order valence-corrected chi connectivity index (χ2v) is 7.47. The normalized spacial score (nSPS) is 13.9. The Morgan fingerprint density at radius 1 is 1.14 bits per heavy atom. The summed E-state index contributed by atoms with van der Waals surface area (Å²) in [6.45, 7) is 4.71. The highest BCUT2D eigenvalue weighted by Gasteiger charge is 2.18. The van der Waals surface area contributed by atoms with Crippen molar-refractivity contribution in [2.45, 2.75) is 39.3 Å². The first-order valence-corrected chi connectivity index (χ1v) is 9.74. The molecule has 0 unspecified atom stereocenters. The Labute approximate surface area is 165 Å². The molecule has 144 valence electrons. The Bertz CT molecular complexity index is 933. The molecule has 1 aromatic heterocycles. The molecule has 28 heavy (non-hydrogen) atoms. The van der Waals surface area contributed by atoms with Crippen LogP contribution in [0.1, 0.15) is 34.4 Å². The molecule has 2 heterocycles. The highest BCUT2D eigenvalue weighted by molar-refractivity contribution is 5.91. The Morgan fingerprint density at radius 3 is 2.79 bits per heavy atom. The molecule has 1 aliphatic heterocycles. The molecule has 5 nitrogen and oxygen atoms in total. The number of nitrogens with one attached hydrogen (secondary N) is 1. The summed E-state index contributed by atoms with van der Waals surface area (Å²) in [6.07, 6.45) is 3.85. The summed E-state index contributed by atoms with van der Waals surface area (Å²) in [4.78, 5) is 14.7. The largest absolute Gasteiger partial charge is 0.364 e. The van der Waals surface area contributed by atoms with Crippen LogP contribution in [0.15, 0.2) is 59.3 Å². The van der Waals surface area contributed by atoms with Crippen LogP contribution in [-0.2, 0) is 30.7 Å². The third kappa shape index (κ3) is 4.67. The number of aromatic nitrogens is 1. The molecule has 0 saturated carbocycles. The van der Waals surface area contributed by atoms with E-state index in [1.54, 1.807) is 6.26 Å². The quantitative estimate of drug-likeness (QED) is 0.704. The van der Waals surface area contributed by atoms with Crippen LogP contribution in [0, 0.1) is 6.92 Å². The third-order valence-electron chi connectivity index (χ3n) is 5.22. The number of amides is 1. The predicted molar refractivity (Wildman–Crippen MR) is 109 cm³/mol. The van der Waals surface area contributed by atoms with Crippen molar-refractivity contribution in [1.29, 1.82) is 0 Å². The second kappa shape index (κ2) is 8.40. The summed E-state index contributed by atoms with van der Waals surface area (Å²) in [7, 11) is 0. The van der Waals surface area contributed by atoms with Gasteiger partial charge < -0.3 is 9.84 Å². The van der Waals surface area contributed by atoms with E-state index in [4.69, 9.17) is 4.52 Å². The lowest BCUT2D eigenvalue weighted by molar-refractivity contribution is -0.116. The van der Waals surface area contributed by atoms with Gasteiger partial charge in [-0.25, -0.2) is 0 Å². The molecule has 4 rings (SSSR count). The number of carbonyl (C=O) groups is 1. The lowest BCUT2D eigenvalue weighted by atomic mass is 9.99. The van der Waals surface area contributed by atoms with E-state index < -0.39 is 0 Å². The highest BCUT2D eigenvalue weighted by Crippen LogP contribution is 2.24. The van der Waals surface area contributed by atoms with Crippen molar-refractivity contribution in [3.05, 3.63) is 82.7 Å². The first-order chi connectivity index (χ1) is 13.7. The van der Waals surface area contributed by atoms with Crippen LogP contribution in [0.25, 0.3) is 0 Å². The van der Waals surface area contributed by atoms with Crippen molar-refractivity contribution in [1.82, 2.24) is 10.1 Å². The van der Waals surface area contributed by atoms with Crippen LogP contribution in [0.2, 0.25) is 0 Å². The Hall–Kier alpha value is -2.92. The molecule has 0 radical (unpaired) electrons. The molecule has 5 heteroatoms. The first-order valence-electron chi connectivity index (χ1n) is 9.74. The van der Waals surface area contributed by atoms with Gasteiger partial charge in [0.05, 0.1) is 5.69 Å². The van der Waals surface area contributed by atoms with E-state index >= 15 is 0 Å². The van der Waals surface area contributed by atoms with Crippen LogP contribution < -0.4 is 5.32 Å². The van der Waals surface area contributed by atoms with Gasteiger partial charge in [-0.15, -0.1) is 0 Å². The van der Waals surface area contributed by atoms with Gasteiger partial charge in [0.2, 0.25) is 5.91 Å². The van der Waals surface area contributed by atoms with E-state index in [0.717, 1.165) is 43.9 Å². The average Bonchev–Trinajstić information content (AvgIpc) is 3.20. The molecule has 0 aliphatic carbocycles. The molecule has 3 aromatic rings. The van der Waals surface area contributed by atoms with Crippen LogP contribution in [-0.4, -0.2) is 22.5 Å². The zero-order chi connectivity index (χ0) is 19.3. The van der Waals surface area contributed by atoms with Gasteiger partial charge in [-0.3, -0.25) is 9.69 Å². The minimum Gasteiger partial charge on any atom is -0.364 e. The molecule has 0 atom stereocenters. The average molecular weight is 375 g/mol. The van der Waals surface area contributed by atoms with Crippen molar-refractivity contribution < 1.29 is 9.32 Å². The molecular formula is C23H25N3O2. The van der Waals surface area contributed by atoms with Gasteiger partial charge in [0.25, 0.3) is 0 Å². The van der Waals surface area contributed by atoms with Crippen LogP contribution in [0.5, 0.6) is 0 Å². The van der Waals surface area contributed by atoms with Gasteiger partial charge in [-0.1, -0.05) is 41.1 Å². The van der Waals surface area contributed by atoms with Gasteiger partial charge in [-0.05, 0) is 48.6 Å². The summed E-state index contributed by atoms with van der Waals surface area (Å²) in [6, 6.07) is 16.5. The molecule has 1 amide bonds. The number of carbonyl (C=O) groups excluding carboxylic acids is 1. The molecule has 0 spiro atoms. The minimum atomic E-state index is 0.0517. The van der Waals surface area contributed by atoms with Crippen LogP contribution >= 0.6 is 0 Å². The van der Waals surface area contributed by atoms with E-state index in [1.807, 2.05) is 12.1 Å². The monoisotopic (exact) mass is 375 g/mol. The van der Waals surface area contributed by atoms with Crippen molar-refractivity contribution >= 4 is 11.6 Å². The van der Waals surface area contributed by atoms with Crippen molar-refractivity contribution in [3.63, 3.8) is 0 Å². The van der Waals surface area contributed by atoms with Crippen molar-refractivity contribution in [3.8, 4) is 0 Å². The minimum absolute atomic E-state index is 0.0517. The zero-order valence-electron chi connectivity index (χ0n) is 16.1. The van der Waals surface area contributed by atoms with E-state index in [1.165, 1.54) is 22.3 Å². The van der Waals surface area contributed by atoms with E-state index in [0.29, 0.717) is 6.42 Å². The summed E-state index contributed by atoms with van der Waals surface area (Å²) in [5.74, 6) is 0.0517. The molecule has 2 aromatic carbocycles. The SMILES string of the molecule is Cc1ccc(CCC(=O)Nc2ccc3c(c2)CN(Cc2ccon2)CC3)cc1. The molecule has 1 N–H and O–H groups in total. The number of rotatable bonds is 6. The van der Waals surface area contributed by atoms with Crippen molar-refractivity contribution in [2.75, 3.05) is 11.9 Å². The fourth-order valence-electron chi connectivity index (χ4n) is 3.61. The maximum absolute atomic E-state index is 12.4. The zero-order valence-corrected chi connectivity index (χ0v) is 16.1. The van der Waals surface area contributed by atoms with Gasteiger partial charge in [-0.2, -0.15) is 0 Å². The van der Waals surface area contributed by atoms with Gasteiger partial charge in [0.15, 0.2) is 0 Å². The van der Waals surface area contributed by atoms with Gasteiger partial charge in [0.1, 0.15) is 6.26 Å². The summed E-state index contributed by atoms with van der Waals surface area (Å²) in [5, 5.41) is 7.05. The number of hydrogen-bond donors (Lipinski definition) is 1. The molecule has 1 aliphatic rings.